The Bertz CT molecular complexity index is 1070. The molecule has 13 heteroatoms. The Hall–Kier alpha value is -3.51. The van der Waals surface area contributed by atoms with E-state index in [4.69, 9.17) is 9.90 Å². The number of carbonyl (C=O) groups is 2. The number of aromatic nitrogens is 6. The molecule has 10 nitrogen and oxygen atoms in total. The molecule has 178 valence electrons. The van der Waals surface area contributed by atoms with E-state index in [1.165, 1.54) is 0 Å². The number of nitrogens with zero attached hydrogens (tertiary/aromatic N) is 7. The molecule has 0 saturated carbocycles. The first kappa shape index (κ1) is 24.1. The van der Waals surface area contributed by atoms with Gasteiger partial charge >= 0.3 is 12.1 Å². The molecular weight excluding hydrogens is 443 g/mol. The van der Waals surface area contributed by atoms with Crippen molar-refractivity contribution in [2.24, 2.45) is 5.92 Å². The molecule has 1 saturated heterocycles. The van der Waals surface area contributed by atoms with Crippen molar-refractivity contribution in [2.75, 3.05) is 13.1 Å². The zero-order valence-electron chi connectivity index (χ0n) is 18.1. The molecule has 0 unspecified atom stereocenters. The summed E-state index contributed by atoms with van der Waals surface area (Å²) in [7, 11) is 0. The second-order valence-corrected chi connectivity index (χ2v) is 8.07. The Morgan fingerprint density at radius 1 is 1.21 bits per heavy atom. The number of piperidine rings is 1. The molecule has 0 spiro atoms. The minimum atomic E-state index is -5.08. The summed E-state index contributed by atoms with van der Waals surface area (Å²) in [5.41, 5.74) is 1.48. The van der Waals surface area contributed by atoms with Gasteiger partial charge in [-0.15, -0.1) is 5.10 Å². The van der Waals surface area contributed by atoms with E-state index < -0.39 is 12.1 Å². The van der Waals surface area contributed by atoms with Crippen LogP contribution in [-0.2, 0) is 11.2 Å². The van der Waals surface area contributed by atoms with Crippen LogP contribution in [0.15, 0.2) is 30.9 Å². The van der Waals surface area contributed by atoms with Gasteiger partial charge in [0, 0.05) is 37.9 Å². The van der Waals surface area contributed by atoms with Crippen molar-refractivity contribution in [3.05, 3.63) is 42.2 Å². The number of carboxylic acid groups (broad SMARTS) is 1. The maximum Gasteiger partial charge on any atom is 0.490 e. The highest BCUT2D eigenvalue weighted by Crippen LogP contribution is 2.23. The number of likely N-dealkylation sites (tertiary alicyclic amines) is 1. The van der Waals surface area contributed by atoms with Gasteiger partial charge in [-0.25, -0.2) is 19.4 Å². The highest BCUT2D eigenvalue weighted by Gasteiger charge is 2.38. The lowest BCUT2D eigenvalue weighted by Gasteiger charge is -2.31. The maximum atomic E-state index is 12.7. The molecule has 4 heterocycles. The number of hydrogen-bond acceptors (Lipinski definition) is 6. The molecule has 33 heavy (non-hydrogen) atoms. The smallest absolute Gasteiger partial charge is 0.475 e. The number of aliphatic carboxylic acids is 1. The quantitative estimate of drug-likeness (QED) is 0.627. The Balaban J connectivity index is 0.000000383. The van der Waals surface area contributed by atoms with Crippen LogP contribution < -0.4 is 0 Å². The van der Waals surface area contributed by atoms with Crippen LogP contribution in [0.3, 0.4) is 0 Å². The van der Waals surface area contributed by atoms with Crippen LogP contribution in [0.5, 0.6) is 0 Å². The molecule has 0 radical (unpaired) electrons. The van der Waals surface area contributed by atoms with Crippen LogP contribution in [0, 0.1) is 5.92 Å². The molecule has 1 fully saturated rings. The van der Waals surface area contributed by atoms with Gasteiger partial charge in [-0.2, -0.15) is 13.2 Å². The molecule has 0 aliphatic carbocycles. The summed E-state index contributed by atoms with van der Waals surface area (Å²) in [5, 5.41) is 15.7. The highest BCUT2D eigenvalue weighted by atomic mass is 19.4. The standard InChI is InChI=1S/C18H23N7O.C2HF3O2/c1-13(2)10-14-11-25(22-21-14)15-4-8-23(9-5-15)17(26)16-12-24-7-3-6-19-18(24)20-16;3-2(4,5)1(6)7/h3,6-7,11-13,15H,4-5,8-10H2,1-2H3;(H,6,7). The fourth-order valence-electron chi connectivity index (χ4n) is 3.43. The van der Waals surface area contributed by atoms with Gasteiger partial charge in [-0.05, 0) is 31.2 Å². The molecule has 0 aromatic carbocycles. The Morgan fingerprint density at radius 3 is 2.45 bits per heavy atom. The number of alkyl halides is 3. The van der Waals surface area contributed by atoms with Crippen LogP contribution in [0.25, 0.3) is 5.78 Å². The third kappa shape index (κ3) is 6.26. The number of carboxylic acids is 1. The predicted molar refractivity (Wildman–Crippen MR) is 109 cm³/mol. The lowest BCUT2D eigenvalue weighted by molar-refractivity contribution is -0.192. The maximum absolute atomic E-state index is 12.7. The first-order valence-electron chi connectivity index (χ1n) is 10.3. The van der Waals surface area contributed by atoms with E-state index in [0.29, 0.717) is 36.5 Å². The SMILES string of the molecule is CC(C)Cc1cn(C2CCN(C(=O)c3cn4cccnc4n3)CC2)nn1.O=C(O)C(F)(F)F. The van der Waals surface area contributed by atoms with E-state index in [9.17, 15) is 18.0 Å². The molecule has 3 aromatic rings. The van der Waals surface area contributed by atoms with Crippen LogP contribution in [-0.4, -0.2) is 70.5 Å². The van der Waals surface area contributed by atoms with Crippen molar-refractivity contribution in [3.8, 4) is 0 Å². The molecule has 3 aromatic heterocycles. The Labute approximate surface area is 187 Å². The van der Waals surface area contributed by atoms with Crippen molar-refractivity contribution >= 4 is 17.7 Å². The van der Waals surface area contributed by atoms with Crippen molar-refractivity contribution < 1.29 is 27.9 Å². The van der Waals surface area contributed by atoms with E-state index in [-0.39, 0.29) is 5.91 Å². The molecule has 1 aliphatic heterocycles. The van der Waals surface area contributed by atoms with Gasteiger partial charge in [0.05, 0.1) is 11.7 Å². The van der Waals surface area contributed by atoms with E-state index >= 15 is 0 Å². The molecule has 1 N–H and O–H groups in total. The lowest BCUT2D eigenvalue weighted by Crippen LogP contribution is -2.39. The van der Waals surface area contributed by atoms with Crippen molar-refractivity contribution in [2.45, 2.75) is 45.3 Å². The zero-order valence-corrected chi connectivity index (χ0v) is 18.1. The summed E-state index contributed by atoms with van der Waals surface area (Å²) in [6, 6.07) is 2.12. The Kier molecular flexibility index (Phi) is 7.29. The molecule has 1 aliphatic rings. The summed E-state index contributed by atoms with van der Waals surface area (Å²) in [6.07, 6.45) is 4.93. The largest absolute Gasteiger partial charge is 0.490 e. The van der Waals surface area contributed by atoms with Gasteiger partial charge in [0.25, 0.3) is 5.91 Å². The van der Waals surface area contributed by atoms with Gasteiger partial charge in [0.2, 0.25) is 5.78 Å². The average molecular weight is 467 g/mol. The third-order valence-electron chi connectivity index (χ3n) is 5.00. The van der Waals surface area contributed by atoms with Gasteiger partial charge in [-0.3, -0.25) is 9.20 Å². The lowest BCUT2D eigenvalue weighted by atomic mass is 10.0. The number of rotatable bonds is 4. The molecule has 0 bridgehead atoms. The fourth-order valence-corrected chi connectivity index (χ4v) is 3.43. The van der Waals surface area contributed by atoms with Gasteiger partial charge in [0.1, 0.15) is 5.69 Å². The molecule has 4 rings (SSSR count). The predicted octanol–water partition coefficient (Wildman–Crippen LogP) is 2.63. The summed E-state index contributed by atoms with van der Waals surface area (Å²) in [5.74, 6) is -1.67. The highest BCUT2D eigenvalue weighted by molar-refractivity contribution is 5.92. The van der Waals surface area contributed by atoms with Crippen molar-refractivity contribution in [3.63, 3.8) is 0 Å². The van der Waals surface area contributed by atoms with Gasteiger partial charge in [-0.1, -0.05) is 19.1 Å². The number of fused-ring (bicyclic) bond motifs is 1. The van der Waals surface area contributed by atoms with E-state index in [1.807, 2.05) is 21.8 Å². The zero-order chi connectivity index (χ0) is 24.2. The van der Waals surface area contributed by atoms with E-state index in [0.717, 1.165) is 25.0 Å². The van der Waals surface area contributed by atoms with Crippen LogP contribution in [0.1, 0.15) is 48.9 Å². The number of imidazole rings is 1. The monoisotopic (exact) mass is 467 g/mol. The van der Waals surface area contributed by atoms with Crippen molar-refractivity contribution in [1.29, 1.82) is 0 Å². The summed E-state index contributed by atoms with van der Waals surface area (Å²) in [6.45, 7) is 5.75. The van der Waals surface area contributed by atoms with Crippen LogP contribution >= 0.6 is 0 Å². The summed E-state index contributed by atoms with van der Waals surface area (Å²) >= 11 is 0. The van der Waals surface area contributed by atoms with Crippen LogP contribution in [0.4, 0.5) is 13.2 Å². The Morgan fingerprint density at radius 2 is 1.88 bits per heavy atom. The molecular formula is C20H24F3N7O3. The number of amides is 1. The molecule has 0 atom stereocenters. The summed E-state index contributed by atoms with van der Waals surface area (Å²) in [4.78, 5) is 32.0. The van der Waals surface area contributed by atoms with Gasteiger partial charge in [0.15, 0.2) is 0 Å². The third-order valence-corrected chi connectivity index (χ3v) is 5.00. The molecule has 1 amide bonds. The van der Waals surface area contributed by atoms with E-state index in [1.54, 1.807) is 16.8 Å². The summed E-state index contributed by atoms with van der Waals surface area (Å²) < 4.78 is 35.5. The normalized spacial score (nSPS) is 14.9. The second kappa shape index (κ2) is 9.96. The van der Waals surface area contributed by atoms with E-state index in [2.05, 4.69) is 40.3 Å². The first-order chi connectivity index (χ1) is 15.5. The fraction of sp³-hybridized carbons (Fsp3) is 0.500. The number of carbonyl (C=O) groups excluding carboxylic acids is 1. The second-order valence-electron chi connectivity index (χ2n) is 8.07. The minimum Gasteiger partial charge on any atom is -0.475 e. The number of halogens is 3. The first-order valence-corrected chi connectivity index (χ1v) is 10.3. The average Bonchev–Trinajstić information content (AvgIpc) is 3.39. The number of hydrogen-bond donors (Lipinski definition) is 1. The van der Waals surface area contributed by atoms with Gasteiger partial charge < -0.3 is 10.0 Å². The minimum absolute atomic E-state index is 0.0342. The van der Waals surface area contributed by atoms with Crippen molar-refractivity contribution in [1.82, 2.24) is 34.3 Å². The topological polar surface area (TPSA) is 119 Å². The van der Waals surface area contributed by atoms with Crippen LogP contribution in [0.2, 0.25) is 0 Å².